The molecule has 0 spiro atoms. The van der Waals surface area contributed by atoms with Gasteiger partial charge in [-0.15, -0.1) is 0 Å². The molecule has 0 aliphatic heterocycles. The lowest BCUT2D eigenvalue weighted by molar-refractivity contribution is 0.517. The van der Waals surface area contributed by atoms with Gasteiger partial charge in [0.05, 0.1) is 0 Å². The number of fused-ring (bicyclic) bond motifs is 3. The molecule has 3 aromatic rings. The first-order valence-corrected chi connectivity index (χ1v) is 5.78. The zero-order chi connectivity index (χ0) is 12.3. The van der Waals surface area contributed by atoms with Crippen LogP contribution in [0.3, 0.4) is 0 Å². The van der Waals surface area contributed by atoms with Crippen LogP contribution in [0.4, 0.5) is 8.78 Å². The molecule has 0 saturated carbocycles. The maximum Gasteiger partial charge on any atom is 0.166 e. The third kappa shape index (κ3) is 1.03. The molecule has 0 N–H and O–H groups in total. The lowest BCUT2D eigenvalue weighted by Gasteiger charge is -2.04. The molecule has 1 aliphatic carbocycles. The number of rotatable bonds is 0. The van der Waals surface area contributed by atoms with Gasteiger partial charge in [-0.05, 0) is 28.3 Å². The fraction of sp³-hybridized carbons (Fsp3) is 0. The second kappa shape index (κ2) is 3.16. The summed E-state index contributed by atoms with van der Waals surface area (Å²) in [5.41, 5.74) is 3.79. The van der Waals surface area contributed by atoms with Crippen molar-refractivity contribution in [2.75, 3.05) is 0 Å². The summed E-state index contributed by atoms with van der Waals surface area (Å²) in [6.45, 7) is 0. The van der Waals surface area contributed by atoms with Crippen molar-refractivity contribution in [3.8, 4) is 22.3 Å². The van der Waals surface area contributed by atoms with Gasteiger partial charge in [-0.25, -0.2) is 8.78 Å². The normalized spacial score (nSPS) is 11.9. The first-order chi connectivity index (χ1) is 8.77. The van der Waals surface area contributed by atoms with Crippen LogP contribution in [-0.4, -0.2) is 0 Å². The van der Waals surface area contributed by atoms with Crippen LogP contribution < -0.4 is 0 Å². The number of halogens is 2. The average molecular weight is 238 g/mol. The largest absolute Gasteiger partial charge is 0.204 e. The first-order valence-electron chi connectivity index (χ1n) is 5.78. The molecule has 0 fully saturated rings. The van der Waals surface area contributed by atoms with Crippen LogP contribution in [0.15, 0.2) is 48.5 Å². The molecule has 0 nitrogen and oxygen atoms in total. The van der Waals surface area contributed by atoms with Crippen molar-refractivity contribution in [2.45, 2.75) is 0 Å². The van der Waals surface area contributed by atoms with Gasteiger partial charge in [0.25, 0.3) is 0 Å². The lowest BCUT2D eigenvalue weighted by atomic mass is 10.0. The topological polar surface area (TPSA) is 0 Å². The Labute approximate surface area is 102 Å². The Balaban J connectivity index is 2.31. The highest BCUT2D eigenvalue weighted by Gasteiger charge is 2.23. The summed E-state index contributed by atoms with van der Waals surface area (Å²) in [7, 11) is 0. The predicted molar refractivity (Wildman–Crippen MR) is 68.3 cm³/mol. The SMILES string of the molecule is Fc1cc2c3c(cccc3c1F)-c1ccccc1-2. The number of hydrogen-bond acceptors (Lipinski definition) is 0. The molecule has 0 bridgehead atoms. The van der Waals surface area contributed by atoms with Crippen molar-refractivity contribution in [3.63, 3.8) is 0 Å². The van der Waals surface area contributed by atoms with Gasteiger partial charge in [-0.1, -0.05) is 42.5 Å². The Morgan fingerprint density at radius 3 is 2.11 bits per heavy atom. The van der Waals surface area contributed by atoms with Gasteiger partial charge in [0.15, 0.2) is 11.6 Å². The van der Waals surface area contributed by atoms with E-state index in [2.05, 4.69) is 0 Å². The van der Waals surface area contributed by atoms with E-state index in [9.17, 15) is 8.78 Å². The third-order valence-corrected chi connectivity index (χ3v) is 3.56. The molecule has 18 heavy (non-hydrogen) atoms. The average Bonchev–Trinajstić information content (AvgIpc) is 2.72. The third-order valence-electron chi connectivity index (χ3n) is 3.56. The molecule has 0 radical (unpaired) electrons. The van der Waals surface area contributed by atoms with E-state index in [0.717, 1.165) is 27.6 Å². The van der Waals surface area contributed by atoms with Crippen LogP contribution >= 0.6 is 0 Å². The molecule has 3 aromatic carbocycles. The summed E-state index contributed by atoms with van der Waals surface area (Å²) in [6, 6.07) is 14.4. The van der Waals surface area contributed by atoms with Gasteiger partial charge in [0, 0.05) is 10.8 Å². The minimum atomic E-state index is -0.786. The van der Waals surface area contributed by atoms with E-state index in [-0.39, 0.29) is 0 Å². The Kier molecular flexibility index (Phi) is 1.72. The van der Waals surface area contributed by atoms with Gasteiger partial charge in [-0.2, -0.15) is 0 Å². The molecule has 0 aromatic heterocycles. The van der Waals surface area contributed by atoms with Crippen molar-refractivity contribution in [1.82, 2.24) is 0 Å². The second-order valence-corrected chi connectivity index (χ2v) is 4.49. The van der Waals surface area contributed by atoms with Crippen molar-refractivity contribution in [3.05, 3.63) is 60.2 Å². The second-order valence-electron chi connectivity index (χ2n) is 4.49. The van der Waals surface area contributed by atoms with Crippen LogP contribution in [0, 0.1) is 11.6 Å². The summed E-state index contributed by atoms with van der Waals surface area (Å²) in [5.74, 6) is -1.55. The highest BCUT2D eigenvalue weighted by Crippen LogP contribution is 2.47. The Morgan fingerprint density at radius 2 is 1.33 bits per heavy atom. The molecule has 4 rings (SSSR count). The van der Waals surface area contributed by atoms with Crippen molar-refractivity contribution < 1.29 is 8.78 Å². The molecule has 0 amide bonds. The Morgan fingerprint density at radius 1 is 0.667 bits per heavy atom. The predicted octanol–water partition coefficient (Wildman–Crippen LogP) is 4.77. The highest BCUT2D eigenvalue weighted by molar-refractivity contribution is 6.15. The summed E-state index contributed by atoms with van der Waals surface area (Å²) < 4.78 is 27.5. The van der Waals surface area contributed by atoms with Crippen molar-refractivity contribution in [2.24, 2.45) is 0 Å². The molecule has 86 valence electrons. The zero-order valence-corrected chi connectivity index (χ0v) is 9.37. The van der Waals surface area contributed by atoms with Crippen molar-refractivity contribution >= 4 is 10.8 Å². The van der Waals surface area contributed by atoms with Crippen molar-refractivity contribution in [1.29, 1.82) is 0 Å². The molecular formula is C16H8F2. The highest BCUT2D eigenvalue weighted by atomic mass is 19.2. The molecule has 0 unspecified atom stereocenters. The van der Waals surface area contributed by atoms with Gasteiger partial charge in [0.1, 0.15) is 0 Å². The molecule has 0 saturated heterocycles. The van der Waals surface area contributed by atoms with Gasteiger partial charge in [0.2, 0.25) is 0 Å². The fourth-order valence-corrected chi connectivity index (χ4v) is 2.81. The fourth-order valence-electron chi connectivity index (χ4n) is 2.81. The Hall–Kier alpha value is -2.22. The number of hydrogen-bond donors (Lipinski definition) is 0. The quantitative estimate of drug-likeness (QED) is 0.414. The van der Waals surface area contributed by atoms with E-state index < -0.39 is 11.6 Å². The molecule has 2 heteroatoms. The van der Waals surface area contributed by atoms with Crippen LogP contribution in [0.5, 0.6) is 0 Å². The molecule has 0 atom stereocenters. The van der Waals surface area contributed by atoms with Gasteiger partial charge >= 0.3 is 0 Å². The summed E-state index contributed by atoms with van der Waals surface area (Å²) in [5, 5.41) is 1.18. The standard InChI is InChI=1S/C16H8F2/c17-14-8-13-10-5-2-1-4-9(10)11-6-3-7-12(15(11)13)16(14)18/h1-8H. The minimum absolute atomic E-state index is 0.360. The van der Waals surface area contributed by atoms with Crippen LogP contribution in [0.1, 0.15) is 0 Å². The molecular weight excluding hydrogens is 230 g/mol. The van der Waals surface area contributed by atoms with Gasteiger partial charge in [-0.3, -0.25) is 0 Å². The summed E-state index contributed by atoms with van der Waals surface area (Å²) in [6.07, 6.45) is 0. The van der Waals surface area contributed by atoms with Crippen LogP contribution in [0.2, 0.25) is 0 Å². The van der Waals surface area contributed by atoms with E-state index in [1.54, 1.807) is 12.1 Å². The van der Waals surface area contributed by atoms with E-state index in [0.29, 0.717) is 5.39 Å². The lowest BCUT2D eigenvalue weighted by Crippen LogP contribution is -1.87. The molecule has 0 heterocycles. The first kappa shape index (κ1) is 9.77. The van der Waals surface area contributed by atoms with E-state index in [4.69, 9.17) is 0 Å². The van der Waals surface area contributed by atoms with E-state index >= 15 is 0 Å². The monoisotopic (exact) mass is 238 g/mol. The van der Waals surface area contributed by atoms with E-state index in [1.807, 2.05) is 30.3 Å². The number of benzene rings is 3. The smallest absolute Gasteiger partial charge is 0.166 e. The summed E-state index contributed by atoms with van der Waals surface area (Å²) >= 11 is 0. The van der Waals surface area contributed by atoms with Crippen LogP contribution in [-0.2, 0) is 0 Å². The minimum Gasteiger partial charge on any atom is -0.204 e. The zero-order valence-electron chi connectivity index (χ0n) is 9.37. The maximum absolute atomic E-state index is 13.8. The maximum atomic E-state index is 13.8. The summed E-state index contributed by atoms with van der Waals surface area (Å²) in [4.78, 5) is 0. The molecule has 1 aliphatic rings. The van der Waals surface area contributed by atoms with Crippen LogP contribution in [0.25, 0.3) is 33.0 Å². The van der Waals surface area contributed by atoms with Gasteiger partial charge < -0.3 is 0 Å². The Bertz CT molecular complexity index is 804. The van der Waals surface area contributed by atoms with E-state index in [1.165, 1.54) is 6.07 Å².